The van der Waals surface area contributed by atoms with Gasteiger partial charge in [0.25, 0.3) is 0 Å². The Morgan fingerprint density at radius 2 is 1.70 bits per heavy atom. The molecule has 0 fully saturated rings. The van der Waals surface area contributed by atoms with Crippen molar-refractivity contribution >= 4 is 0 Å². The highest BCUT2D eigenvalue weighted by Gasteiger charge is 2.16. The van der Waals surface area contributed by atoms with E-state index in [0.29, 0.717) is 36.7 Å². The summed E-state index contributed by atoms with van der Waals surface area (Å²) < 4.78 is 25.4. The SMILES string of the molecule is C#CCC(C)c1cc(OCCC)c(OCCC)cc1F. The zero-order valence-corrected chi connectivity index (χ0v) is 12.5. The van der Waals surface area contributed by atoms with Gasteiger partial charge in [-0.25, -0.2) is 4.39 Å². The zero-order valence-electron chi connectivity index (χ0n) is 12.5. The van der Waals surface area contributed by atoms with Crippen molar-refractivity contribution in [2.24, 2.45) is 0 Å². The maximum absolute atomic E-state index is 14.1. The topological polar surface area (TPSA) is 18.5 Å². The van der Waals surface area contributed by atoms with E-state index in [4.69, 9.17) is 15.9 Å². The standard InChI is InChI=1S/C17H23FO2/c1-5-8-13(4)14-11-16(19-9-6-2)17(12-15(14)18)20-10-7-3/h1,11-13H,6-10H2,2-4H3. The molecule has 1 unspecified atom stereocenters. The maximum Gasteiger partial charge on any atom is 0.164 e. The summed E-state index contributed by atoms with van der Waals surface area (Å²) in [4.78, 5) is 0. The first kappa shape index (κ1) is 16.4. The van der Waals surface area contributed by atoms with Crippen LogP contribution in [0.5, 0.6) is 11.5 Å². The Morgan fingerprint density at radius 3 is 2.20 bits per heavy atom. The summed E-state index contributed by atoms with van der Waals surface area (Å²) in [6.45, 7) is 7.07. The molecule has 1 aromatic rings. The van der Waals surface area contributed by atoms with Crippen LogP contribution in [-0.2, 0) is 0 Å². The Morgan fingerprint density at radius 1 is 1.15 bits per heavy atom. The van der Waals surface area contributed by atoms with Crippen LogP contribution in [0.1, 0.15) is 51.5 Å². The Labute approximate surface area is 121 Å². The van der Waals surface area contributed by atoms with Gasteiger partial charge in [-0.1, -0.05) is 20.8 Å². The van der Waals surface area contributed by atoms with Crippen molar-refractivity contribution < 1.29 is 13.9 Å². The Bertz CT molecular complexity index is 463. The van der Waals surface area contributed by atoms with Gasteiger partial charge >= 0.3 is 0 Å². The molecule has 0 saturated carbocycles. The summed E-state index contributed by atoms with van der Waals surface area (Å²) in [6.07, 6.45) is 7.56. The number of benzene rings is 1. The third-order valence-electron chi connectivity index (χ3n) is 2.94. The first-order valence-corrected chi connectivity index (χ1v) is 7.16. The normalized spacial score (nSPS) is 11.8. The first-order chi connectivity index (χ1) is 9.63. The average molecular weight is 278 g/mol. The van der Waals surface area contributed by atoms with Gasteiger partial charge in [0.1, 0.15) is 5.82 Å². The molecule has 0 aliphatic heterocycles. The Balaban J connectivity index is 3.06. The van der Waals surface area contributed by atoms with Crippen molar-refractivity contribution in [1.82, 2.24) is 0 Å². The quantitative estimate of drug-likeness (QED) is 0.650. The molecule has 1 rings (SSSR count). The summed E-state index contributed by atoms with van der Waals surface area (Å²) in [6, 6.07) is 3.13. The van der Waals surface area contributed by atoms with Gasteiger partial charge < -0.3 is 9.47 Å². The van der Waals surface area contributed by atoms with Gasteiger partial charge in [-0.15, -0.1) is 12.3 Å². The molecule has 2 nitrogen and oxygen atoms in total. The van der Waals surface area contributed by atoms with Crippen molar-refractivity contribution in [3.63, 3.8) is 0 Å². The lowest BCUT2D eigenvalue weighted by Gasteiger charge is -2.16. The molecule has 0 radical (unpaired) electrons. The van der Waals surface area contributed by atoms with Gasteiger partial charge in [0.15, 0.2) is 11.5 Å². The lowest BCUT2D eigenvalue weighted by Crippen LogP contribution is -2.05. The summed E-state index contributed by atoms with van der Waals surface area (Å²) >= 11 is 0. The minimum Gasteiger partial charge on any atom is -0.490 e. The second-order valence-corrected chi connectivity index (χ2v) is 4.83. The molecule has 0 spiro atoms. The molecule has 0 aliphatic rings. The van der Waals surface area contributed by atoms with Gasteiger partial charge in [0, 0.05) is 12.5 Å². The van der Waals surface area contributed by atoms with Crippen LogP contribution in [0, 0.1) is 18.2 Å². The van der Waals surface area contributed by atoms with E-state index in [1.807, 2.05) is 20.8 Å². The second kappa shape index (κ2) is 8.47. The predicted molar refractivity (Wildman–Crippen MR) is 79.8 cm³/mol. The van der Waals surface area contributed by atoms with Crippen LogP contribution in [0.4, 0.5) is 4.39 Å². The molecule has 1 aromatic carbocycles. The molecule has 0 N–H and O–H groups in total. The highest BCUT2D eigenvalue weighted by Crippen LogP contribution is 2.34. The lowest BCUT2D eigenvalue weighted by molar-refractivity contribution is 0.266. The monoisotopic (exact) mass is 278 g/mol. The number of hydrogen-bond acceptors (Lipinski definition) is 2. The first-order valence-electron chi connectivity index (χ1n) is 7.16. The van der Waals surface area contributed by atoms with Crippen LogP contribution in [-0.4, -0.2) is 13.2 Å². The van der Waals surface area contributed by atoms with Crippen LogP contribution in [0.25, 0.3) is 0 Å². The Kier molecular flexibility index (Phi) is 6.93. The third-order valence-corrected chi connectivity index (χ3v) is 2.94. The minimum atomic E-state index is -0.289. The summed E-state index contributed by atoms with van der Waals surface area (Å²) in [5, 5.41) is 0. The van der Waals surface area contributed by atoms with Crippen LogP contribution in [0.2, 0.25) is 0 Å². The molecule has 1 atom stereocenters. The van der Waals surface area contributed by atoms with E-state index in [0.717, 1.165) is 12.8 Å². The zero-order chi connectivity index (χ0) is 15.0. The number of halogens is 1. The largest absolute Gasteiger partial charge is 0.490 e. The fraction of sp³-hybridized carbons (Fsp3) is 0.529. The highest BCUT2D eigenvalue weighted by atomic mass is 19.1. The Hall–Kier alpha value is -1.69. The number of ether oxygens (including phenoxy) is 2. The molecule has 0 heterocycles. The van der Waals surface area contributed by atoms with E-state index in [9.17, 15) is 4.39 Å². The van der Waals surface area contributed by atoms with Crippen LogP contribution in [0.15, 0.2) is 12.1 Å². The molecule has 0 amide bonds. The van der Waals surface area contributed by atoms with Crippen LogP contribution in [0.3, 0.4) is 0 Å². The summed E-state index contributed by atoms with van der Waals surface area (Å²) in [7, 11) is 0. The maximum atomic E-state index is 14.1. The van der Waals surface area contributed by atoms with Crippen molar-refractivity contribution in [3.05, 3.63) is 23.5 Å². The van der Waals surface area contributed by atoms with Gasteiger partial charge in [0.05, 0.1) is 13.2 Å². The van der Waals surface area contributed by atoms with Crippen molar-refractivity contribution in [1.29, 1.82) is 0 Å². The smallest absolute Gasteiger partial charge is 0.164 e. The van der Waals surface area contributed by atoms with E-state index in [2.05, 4.69) is 5.92 Å². The molecule has 0 aliphatic carbocycles. The average Bonchev–Trinajstić information content (AvgIpc) is 2.44. The summed E-state index contributed by atoms with van der Waals surface area (Å²) in [5.74, 6) is 3.30. The second-order valence-electron chi connectivity index (χ2n) is 4.83. The number of rotatable bonds is 8. The van der Waals surface area contributed by atoms with E-state index >= 15 is 0 Å². The van der Waals surface area contributed by atoms with Crippen molar-refractivity contribution in [3.8, 4) is 23.8 Å². The lowest BCUT2D eigenvalue weighted by atomic mass is 9.97. The van der Waals surface area contributed by atoms with E-state index in [1.54, 1.807) is 6.07 Å². The van der Waals surface area contributed by atoms with Gasteiger partial charge in [0.2, 0.25) is 0 Å². The molecule has 0 bridgehead atoms. The molecule has 110 valence electrons. The molecule has 0 aromatic heterocycles. The van der Waals surface area contributed by atoms with Crippen molar-refractivity contribution in [2.75, 3.05) is 13.2 Å². The third kappa shape index (κ3) is 4.45. The number of terminal acetylenes is 1. The van der Waals surface area contributed by atoms with Crippen LogP contribution >= 0.6 is 0 Å². The molecular weight excluding hydrogens is 255 g/mol. The molecule has 3 heteroatoms. The van der Waals surface area contributed by atoms with Crippen molar-refractivity contribution in [2.45, 2.75) is 46.0 Å². The fourth-order valence-electron chi connectivity index (χ4n) is 1.86. The van der Waals surface area contributed by atoms with E-state index in [-0.39, 0.29) is 11.7 Å². The van der Waals surface area contributed by atoms with Crippen LogP contribution < -0.4 is 9.47 Å². The van der Waals surface area contributed by atoms with Gasteiger partial charge in [-0.05, 0) is 30.4 Å². The molecule has 20 heavy (non-hydrogen) atoms. The minimum absolute atomic E-state index is 0.0378. The fourth-order valence-corrected chi connectivity index (χ4v) is 1.86. The van der Waals surface area contributed by atoms with Gasteiger partial charge in [-0.2, -0.15) is 0 Å². The number of hydrogen-bond donors (Lipinski definition) is 0. The van der Waals surface area contributed by atoms with E-state index in [1.165, 1.54) is 6.07 Å². The molecular formula is C17H23FO2. The predicted octanol–water partition coefficient (Wildman–Crippen LogP) is 4.53. The van der Waals surface area contributed by atoms with E-state index < -0.39 is 0 Å². The summed E-state index contributed by atoms with van der Waals surface area (Å²) in [5.41, 5.74) is 0.581. The van der Waals surface area contributed by atoms with Gasteiger partial charge in [-0.3, -0.25) is 0 Å². The molecule has 0 saturated heterocycles. The highest BCUT2D eigenvalue weighted by molar-refractivity contribution is 5.45.